The van der Waals surface area contributed by atoms with E-state index in [-0.39, 0.29) is 28.8 Å². The largest absolute Gasteiger partial charge is 0.466 e. The number of esters is 1. The second-order valence-electron chi connectivity index (χ2n) is 3.15. The summed E-state index contributed by atoms with van der Waals surface area (Å²) in [5.74, 6) is -0.472. The fourth-order valence-electron chi connectivity index (χ4n) is 1.24. The zero-order chi connectivity index (χ0) is 13.0. The Morgan fingerprint density at radius 3 is 2.65 bits per heavy atom. The van der Waals surface area contributed by atoms with Crippen LogP contribution in [0.15, 0.2) is 12.1 Å². The van der Waals surface area contributed by atoms with Gasteiger partial charge in [0.05, 0.1) is 23.0 Å². The van der Waals surface area contributed by atoms with E-state index in [1.165, 1.54) is 12.1 Å². The van der Waals surface area contributed by atoms with Crippen molar-refractivity contribution in [3.8, 4) is 0 Å². The molecule has 0 N–H and O–H groups in total. The molecular weight excluding hydrogens is 269 g/mol. The van der Waals surface area contributed by atoms with Gasteiger partial charge in [-0.3, -0.25) is 14.9 Å². The number of ether oxygens (including phenoxy) is 1. The number of hydrogen-bond donors (Lipinski definition) is 0. The van der Waals surface area contributed by atoms with Crippen LogP contribution in [-0.4, -0.2) is 17.5 Å². The molecule has 1 aromatic carbocycles. The van der Waals surface area contributed by atoms with Crippen molar-refractivity contribution in [3.05, 3.63) is 37.9 Å². The van der Waals surface area contributed by atoms with Crippen LogP contribution >= 0.6 is 23.2 Å². The Morgan fingerprint density at radius 2 is 2.12 bits per heavy atom. The summed E-state index contributed by atoms with van der Waals surface area (Å²) in [5.41, 5.74) is 0.0722. The minimum Gasteiger partial charge on any atom is -0.466 e. The van der Waals surface area contributed by atoms with Crippen molar-refractivity contribution >= 4 is 34.9 Å². The fraction of sp³-hybridized carbons (Fsp3) is 0.300. The summed E-state index contributed by atoms with van der Waals surface area (Å²) >= 11 is 11.4. The first kappa shape index (κ1) is 13.7. The molecule has 0 saturated heterocycles. The molecule has 0 fully saturated rings. The Hall–Kier alpha value is -1.33. The molecule has 0 amide bonds. The van der Waals surface area contributed by atoms with Crippen LogP contribution in [0.25, 0.3) is 0 Å². The first-order valence-corrected chi connectivity index (χ1v) is 5.49. The molecule has 0 heterocycles. The van der Waals surface area contributed by atoms with E-state index in [9.17, 15) is 14.9 Å². The van der Waals surface area contributed by atoms with Crippen molar-refractivity contribution in [2.75, 3.05) is 6.61 Å². The maximum Gasteiger partial charge on any atom is 0.310 e. The highest BCUT2D eigenvalue weighted by molar-refractivity contribution is 6.43. The van der Waals surface area contributed by atoms with Gasteiger partial charge in [-0.2, -0.15) is 0 Å². The minimum absolute atomic E-state index is 0.0418. The van der Waals surface area contributed by atoms with Crippen molar-refractivity contribution in [2.45, 2.75) is 13.3 Å². The summed E-state index contributed by atoms with van der Waals surface area (Å²) in [6.45, 7) is 1.93. The summed E-state index contributed by atoms with van der Waals surface area (Å²) in [5, 5.41) is 10.6. The molecule has 0 spiro atoms. The zero-order valence-electron chi connectivity index (χ0n) is 8.91. The third-order valence-electron chi connectivity index (χ3n) is 1.92. The monoisotopic (exact) mass is 277 g/mol. The van der Waals surface area contributed by atoms with Gasteiger partial charge in [-0.1, -0.05) is 23.2 Å². The summed E-state index contributed by atoms with van der Waals surface area (Å²) in [4.78, 5) is 21.3. The minimum atomic E-state index is -0.650. The smallest absolute Gasteiger partial charge is 0.310 e. The molecule has 0 aliphatic heterocycles. The first-order valence-electron chi connectivity index (χ1n) is 4.73. The average Bonchev–Trinajstić information content (AvgIpc) is 2.23. The van der Waals surface area contributed by atoms with Gasteiger partial charge in [-0.05, 0) is 18.6 Å². The number of nitro benzene ring substituents is 1. The number of hydrogen-bond acceptors (Lipinski definition) is 4. The third kappa shape index (κ3) is 3.57. The molecule has 17 heavy (non-hydrogen) atoms. The number of carbonyl (C=O) groups is 1. The van der Waals surface area contributed by atoms with Crippen LogP contribution in [0.2, 0.25) is 10.0 Å². The molecule has 1 aromatic rings. The molecular formula is C10H9Cl2NO4. The number of nitrogens with zero attached hydrogens (tertiary/aromatic N) is 1. The lowest BCUT2D eigenvalue weighted by Gasteiger charge is -2.04. The van der Waals surface area contributed by atoms with E-state index in [1.54, 1.807) is 6.92 Å². The number of rotatable bonds is 4. The van der Waals surface area contributed by atoms with Gasteiger partial charge < -0.3 is 4.74 Å². The number of nitro groups is 1. The maximum atomic E-state index is 11.2. The predicted molar refractivity (Wildman–Crippen MR) is 63.5 cm³/mol. The standard InChI is InChI=1S/C10H9Cl2NO4/c1-2-17-9(14)5-6-3-7(11)10(12)8(4-6)13(15)16/h3-4H,2,5H2,1H3. The summed E-state index contributed by atoms with van der Waals surface area (Å²) in [7, 11) is 0. The van der Waals surface area contributed by atoms with Crippen molar-refractivity contribution < 1.29 is 14.5 Å². The fourth-order valence-corrected chi connectivity index (χ4v) is 1.66. The lowest BCUT2D eigenvalue weighted by molar-refractivity contribution is -0.384. The summed E-state index contributed by atoms with van der Waals surface area (Å²) < 4.78 is 4.73. The van der Waals surface area contributed by atoms with E-state index < -0.39 is 10.9 Å². The number of carbonyl (C=O) groups excluding carboxylic acids is 1. The average molecular weight is 278 g/mol. The highest BCUT2D eigenvalue weighted by Crippen LogP contribution is 2.33. The second kappa shape index (κ2) is 5.84. The van der Waals surface area contributed by atoms with E-state index in [0.717, 1.165) is 0 Å². The Labute approximate surface area is 107 Å². The Bertz CT molecular complexity index is 462. The van der Waals surface area contributed by atoms with Crippen LogP contribution < -0.4 is 0 Å². The van der Waals surface area contributed by atoms with Crippen molar-refractivity contribution in [2.24, 2.45) is 0 Å². The second-order valence-corrected chi connectivity index (χ2v) is 3.93. The number of halogens is 2. The van der Waals surface area contributed by atoms with Crippen LogP contribution in [0.5, 0.6) is 0 Å². The van der Waals surface area contributed by atoms with Gasteiger partial charge in [0.2, 0.25) is 0 Å². The topological polar surface area (TPSA) is 69.4 Å². The molecule has 0 radical (unpaired) electrons. The van der Waals surface area contributed by atoms with Crippen LogP contribution in [0.3, 0.4) is 0 Å². The third-order valence-corrected chi connectivity index (χ3v) is 2.71. The zero-order valence-corrected chi connectivity index (χ0v) is 10.4. The molecule has 0 atom stereocenters. The molecule has 0 aliphatic carbocycles. The molecule has 0 aliphatic rings. The van der Waals surface area contributed by atoms with E-state index in [2.05, 4.69) is 0 Å². The van der Waals surface area contributed by atoms with E-state index in [0.29, 0.717) is 5.56 Å². The van der Waals surface area contributed by atoms with Crippen molar-refractivity contribution in [3.63, 3.8) is 0 Å². The molecule has 0 bridgehead atoms. The van der Waals surface area contributed by atoms with Gasteiger partial charge >= 0.3 is 5.97 Å². The first-order chi connectivity index (χ1) is 7.95. The van der Waals surface area contributed by atoms with Gasteiger partial charge in [0.1, 0.15) is 5.02 Å². The van der Waals surface area contributed by atoms with Gasteiger partial charge in [-0.25, -0.2) is 0 Å². The normalized spacial score (nSPS) is 10.1. The van der Waals surface area contributed by atoms with Crippen LogP contribution in [0.4, 0.5) is 5.69 Å². The van der Waals surface area contributed by atoms with E-state index in [1.807, 2.05) is 0 Å². The lowest BCUT2D eigenvalue weighted by Crippen LogP contribution is -2.07. The quantitative estimate of drug-likeness (QED) is 0.482. The van der Waals surface area contributed by atoms with Crippen molar-refractivity contribution in [1.29, 1.82) is 0 Å². The number of benzene rings is 1. The lowest BCUT2D eigenvalue weighted by atomic mass is 10.1. The highest BCUT2D eigenvalue weighted by Gasteiger charge is 2.18. The Morgan fingerprint density at radius 1 is 1.47 bits per heavy atom. The van der Waals surface area contributed by atoms with Crippen LogP contribution in [0.1, 0.15) is 12.5 Å². The summed E-state index contributed by atoms with van der Waals surface area (Å²) in [6, 6.07) is 2.62. The van der Waals surface area contributed by atoms with Crippen LogP contribution in [-0.2, 0) is 16.0 Å². The van der Waals surface area contributed by atoms with Gasteiger partial charge in [0.25, 0.3) is 5.69 Å². The van der Waals surface area contributed by atoms with E-state index >= 15 is 0 Å². The van der Waals surface area contributed by atoms with Crippen LogP contribution in [0, 0.1) is 10.1 Å². The Kier molecular flexibility index (Phi) is 4.72. The molecule has 0 saturated carbocycles. The van der Waals surface area contributed by atoms with Gasteiger partial charge in [-0.15, -0.1) is 0 Å². The van der Waals surface area contributed by atoms with Gasteiger partial charge in [0.15, 0.2) is 0 Å². The van der Waals surface area contributed by atoms with E-state index in [4.69, 9.17) is 27.9 Å². The Balaban J connectivity index is 3.02. The molecule has 7 heteroatoms. The molecule has 5 nitrogen and oxygen atoms in total. The predicted octanol–water partition coefficient (Wildman–Crippen LogP) is 3.01. The van der Waals surface area contributed by atoms with Gasteiger partial charge in [0, 0.05) is 6.07 Å². The molecule has 0 aromatic heterocycles. The maximum absolute atomic E-state index is 11.2. The highest BCUT2D eigenvalue weighted by atomic mass is 35.5. The van der Waals surface area contributed by atoms with Crippen molar-refractivity contribution in [1.82, 2.24) is 0 Å². The SMILES string of the molecule is CCOC(=O)Cc1cc(Cl)c(Cl)c([N+](=O)[O-])c1. The molecule has 1 rings (SSSR count). The molecule has 92 valence electrons. The molecule has 0 unspecified atom stereocenters. The summed E-state index contributed by atoms with van der Waals surface area (Å²) in [6.07, 6.45) is -0.0778.